The lowest BCUT2D eigenvalue weighted by Gasteiger charge is -2.18. The predicted molar refractivity (Wildman–Crippen MR) is 70.9 cm³/mol. The van der Waals surface area contributed by atoms with Gasteiger partial charge in [-0.15, -0.1) is 11.3 Å². The fraction of sp³-hybridized carbons (Fsp3) is 0.455. The molecule has 1 heterocycles. The number of aldehydes is 1. The Labute approximate surface area is 114 Å². The molecule has 0 radical (unpaired) electrons. The second-order valence-corrected chi connectivity index (χ2v) is 5.41. The number of nitrogens with zero attached hydrogens (tertiary/aromatic N) is 2. The van der Waals surface area contributed by atoms with Crippen LogP contribution in [0.3, 0.4) is 0 Å². The molecule has 0 aliphatic heterocycles. The van der Waals surface area contributed by atoms with Crippen LogP contribution >= 0.6 is 11.3 Å². The summed E-state index contributed by atoms with van der Waals surface area (Å²) in [7, 11) is 0. The smallest absolute Gasteiger partial charge is 0.347 e. The number of rotatable bonds is 5. The largest absolute Gasteiger partial charge is 0.457 e. The van der Waals surface area contributed by atoms with Gasteiger partial charge >= 0.3 is 5.97 Å². The van der Waals surface area contributed by atoms with Gasteiger partial charge in [0.05, 0.1) is 0 Å². The van der Waals surface area contributed by atoms with Gasteiger partial charge in [-0.3, -0.25) is 4.79 Å². The number of nitrogens with two attached hydrogens (primary N) is 1. The summed E-state index contributed by atoms with van der Waals surface area (Å²) >= 11 is 1.18. The van der Waals surface area contributed by atoms with Gasteiger partial charge in [-0.2, -0.15) is 0 Å². The molecule has 19 heavy (non-hydrogen) atoms. The van der Waals surface area contributed by atoms with Crippen molar-refractivity contribution in [1.82, 2.24) is 4.98 Å². The summed E-state index contributed by atoms with van der Waals surface area (Å²) in [5, 5.41) is 5.42. The zero-order chi connectivity index (χ0) is 14.5. The van der Waals surface area contributed by atoms with Gasteiger partial charge in [0.1, 0.15) is 11.3 Å². The van der Waals surface area contributed by atoms with Crippen molar-refractivity contribution in [1.29, 1.82) is 0 Å². The van der Waals surface area contributed by atoms with Gasteiger partial charge in [-0.25, -0.2) is 9.78 Å². The number of oxime groups is 1. The molecule has 1 aromatic rings. The van der Waals surface area contributed by atoms with Gasteiger partial charge in [0, 0.05) is 5.38 Å². The Hall–Kier alpha value is -1.96. The molecule has 1 rings (SSSR count). The Morgan fingerprint density at radius 3 is 2.74 bits per heavy atom. The molecular formula is C11H15N3O4S. The summed E-state index contributed by atoms with van der Waals surface area (Å²) in [5.41, 5.74) is 5.12. The van der Waals surface area contributed by atoms with Crippen molar-refractivity contribution in [3.63, 3.8) is 0 Å². The van der Waals surface area contributed by atoms with Gasteiger partial charge in [0.15, 0.2) is 17.1 Å². The van der Waals surface area contributed by atoms with E-state index < -0.39 is 11.6 Å². The SMILES string of the molecule is CC(C)(C)OC(=O)CO/N=C(\C=O)c1csc(N)n1. The van der Waals surface area contributed by atoms with Crippen molar-refractivity contribution in [3.8, 4) is 0 Å². The summed E-state index contributed by atoms with van der Waals surface area (Å²) < 4.78 is 5.01. The van der Waals surface area contributed by atoms with E-state index in [2.05, 4.69) is 10.1 Å². The first kappa shape index (κ1) is 15.1. The molecular weight excluding hydrogens is 270 g/mol. The maximum absolute atomic E-state index is 11.3. The van der Waals surface area contributed by atoms with Crippen LogP contribution in [-0.2, 0) is 19.2 Å². The summed E-state index contributed by atoms with van der Waals surface area (Å²) in [6.07, 6.45) is 0.476. The molecule has 0 amide bonds. The Kier molecular flexibility index (Phi) is 4.99. The minimum absolute atomic E-state index is 0.0310. The zero-order valence-corrected chi connectivity index (χ0v) is 11.7. The quantitative estimate of drug-likeness (QED) is 0.374. The highest BCUT2D eigenvalue weighted by Crippen LogP contribution is 2.11. The lowest BCUT2D eigenvalue weighted by molar-refractivity contribution is -0.160. The number of hydrogen-bond donors (Lipinski definition) is 1. The van der Waals surface area contributed by atoms with E-state index in [0.29, 0.717) is 17.1 Å². The molecule has 1 aromatic heterocycles. The van der Waals surface area contributed by atoms with Crippen molar-refractivity contribution < 1.29 is 19.2 Å². The molecule has 0 spiro atoms. The van der Waals surface area contributed by atoms with Gasteiger partial charge in [-0.05, 0) is 20.8 Å². The third-order valence-electron chi connectivity index (χ3n) is 1.66. The number of nitrogen functional groups attached to an aromatic ring is 1. The number of thiazole rings is 1. The maximum atomic E-state index is 11.3. The number of carbonyl (C=O) groups is 2. The first-order valence-corrected chi connectivity index (χ1v) is 6.28. The van der Waals surface area contributed by atoms with Crippen LogP contribution in [0.2, 0.25) is 0 Å². The van der Waals surface area contributed by atoms with Gasteiger partial charge < -0.3 is 15.3 Å². The molecule has 0 atom stereocenters. The normalized spacial score (nSPS) is 12.1. The number of carbonyl (C=O) groups excluding carboxylic acids is 2. The minimum Gasteiger partial charge on any atom is -0.457 e. The molecule has 0 fully saturated rings. The van der Waals surface area contributed by atoms with Crippen LogP contribution in [0.1, 0.15) is 26.5 Å². The van der Waals surface area contributed by atoms with E-state index in [1.165, 1.54) is 11.3 Å². The number of aromatic nitrogens is 1. The Balaban J connectivity index is 2.55. The lowest BCUT2D eigenvalue weighted by atomic mass is 10.2. The van der Waals surface area contributed by atoms with Crippen molar-refractivity contribution in [3.05, 3.63) is 11.1 Å². The van der Waals surface area contributed by atoms with E-state index in [0.717, 1.165) is 0 Å². The molecule has 0 unspecified atom stereocenters. The van der Waals surface area contributed by atoms with Crippen molar-refractivity contribution in [2.75, 3.05) is 12.3 Å². The monoisotopic (exact) mass is 285 g/mol. The van der Waals surface area contributed by atoms with Crippen LogP contribution in [0.25, 0.3) is 0 Å². The summed E-state index contributed by atoms with van der Waals surface area (Å²) in [4.78, 5) is 30.8. The third kappa shape index (κ3) is 5.47. The summed E-state index contributed by atoms with van der Waals surface area (Å²) in [6, 6.07) is 0. The van der Waals surface area contributed by atoms with E-state index in [1.807, 2.05) is 0 Å². The number of hydrogen-bond acceptors (Lipinski definition) is 8. The van der Waals surface area contributed by atoms with Crippen LogP contribution in [0, 0.1) is 0 Å². The number of esters is 1. The summed E-state index contributed by atoms with van der Waals surface area (Å²) in [6.45, 7) is 4.84. The molecule has 0 bridgehead atoms. The van der Waals surface area contributed by atoms with Crippen LogP contribution in [0.4, 0.5) is 5.13 Å². The van der Waals surface area contributed by atoms with Crippen LogP contribution in [-0.4, -0.2) is 35.2 Å². The highest BCUT2D eigenvalue weighted by molar-refractivity contribution is 7.13. The molecule has 7 nitrogen and oxygen atoms in total. The highest BCUT2D eigenvalue weighted by Gasteiger charge is 2.16. The molecule has 104 valence electrons. The Morgan fingerprint density at radius 1 is 1.58 bits per heavy atom. The standard InChI is InChI=1S/C11H15N3O4S/c1-11(2,3)18-9(16)5-17-14-7(4-15)8-6-19-10(12)13-8/h4,6H,5H2,1-3H3,(H2,12,13)/b14-7+. The molecule has 2 N–H and O–H groups in total. The van der Waals surface area contributed by atoms with Crippen LogP contribution in [0.15, 0.2) is 10.5 Å². The molecule has 8 heteroatoms. The predicted octanol–water partition coefficient (Wildman–Crippen LogP) is 0.987. The van der Waals surface area contributed by atoms with Crippen molar-refractivity contribution in [2.24, 2.45) is 5.16 Å². The first-order chi connectivity index (χ1) is 8.81. The van der Waals surface area contributed by atoms with Crippen LogP contribution < -0.4 is 5.73 Å². The fourth-order valence-electron chi connectivity index (χ4n) is 1.06. The number of ether oxygens (including phenoxy) is 1. The molecule has 0 aliphatic carbocycles. The van der Waals surface area contributed by atoms with Crippen LogP contribution in [0.5, 0.6) is 0 Å². The molecule has 0 saturated heterocycles. The first-order valence-electron chi connectivity index (χ1n) is 5.40. The second kappa shape index (κ2) is 6.28. The second-order valence-electron chi connectivity index (χ2n) is 4.53. The number of anilines is 1. The van der Waals surface area contributed by atoms with E-state index in [4.69, 9.17) is 15.3 Å². The highest BCUT2D eigenvalue weighted by atomic mass is 32.1. The van der Waals surface area contributed by atoms with E-state index in [9.17, 15) is 9.59 Å². The Morgan fingerprint density at radius 2 is 2.26 bits per heavy atom. The average molecular weight is 285 g/mol. The third-order valence-corrected chi connectivity index (χ3v) is 2.34. The van der Waals surface area contributed by atoms with Crippen molar-refractivity contribution >= 4 is 34.4 Å². The topological polar surface area (TPSA) is 104 Å². The van der Waals surface area contributed by atoms with E-state index >= 15 is 0 Å². The van der Waals surface area contributed by atoms with Gasteiger partial charge in [-0.1, -0.05) is 5.16 Å². The zero-order valence-electron chi connectivity index (χ0n) is 10.9. The molecule has 0 aliphatic rings. The maximum Gasteiger partial charge on any atom is 0.347 e. The summed E-state index contributed by atoms with van der Waals surface area (Å²) in [5.74, 6) is -0.570. The van der Waals surface area contributed by atoms with Gasteiger partial charge in [0.25, 0.3) is 0 Å². The van der Waals surface area contributed by atoms with Gasteiger partial charge in [0.2, 0.25) is 6.61 Å². The fourth-order valence-corrected chi connectivity index (χ4v) is 1.62. The van der Waals surface area contributed by atoms with Crippen molar-refractivity contribution in [2.45, 2.75) is 26.4 Å². The van der Waals surface area contributed by atoms with E-state index in [1.54, 1.807) is 26.2 Å². The van der Waals surface area contributed by atoms with E-state index in [-0.39, 0.29) is 12.3 Å². The molecule has 0 saturated carbocycles. The minimum atomic E-state index is -0.596. The lowest BCUT2D eigenvalue weighted by Crippen LogP contribution is -2.26. The Bertz CT molecular complexity index is 490. The average Bonchev–Trinajstić information content (AvgIpc) is 2.68. The molecule has 0 aromatic carbocycles.